The highest BCUT2D eigenvalue weighted by Crippen LogP contribution is 2.29. The van der Waals surface area contributed by atoms with E-state index in [0.717, 1.165) is 48.1 Å². The lowest BCUT2D eigenvalue weighted by Crippen LogP contribution is -2.47. The molecule has 29 heavy (non-hydrogen) atoms. The van der Waals surface area contributed by atoms with Crippen LogP contribution < -0.4 is 9.80 Å². The highest BCUT2D eigenvalue weighted by Gasteiger charge is 2.23. The summed E-state index contributed by atoms with van der Waals surface area (Å²) < 4.78 is 4.66. The number of aromatic amines is 1. The van der Waals surface area contributed by atoms with E-state index in [1.165, 1.54) is 25.1 Å². The van der Waals surface area contributed by atoms with Gasteiger partial charge in [-0.25, -0.2) is 14.8 Å². The van der Waals surface area contributed by atoms with Crippen molar-refractivity contribution >= 4 is 46.2 Å². The number of fused-ring (bicyclic) bond motifs is 1. The van der Waals surface area contributed by atoms with Crippen molar-refractivity contribution in [3.63, 3.8) is 0 Å². The molecule has 3 heterocycles. The summed E-state index contributed by atoms with van der Waals surface area (Å²) in [5.74, 6) is 0.368. The molecule has 0 spiro atoms. The molecule has 0 unspecified atom stereocenters. The predicted octanol–water partition coefficient (Wildman–Crippen LogP) is 2.83. The average Bonchev–Trinajstić information content (AvgIpc) is 3.17. The summed E-state index contributed by atoms with van der Waals surface area (Å²) >= 11 is 6.19. The molecule has 1 aliphatic rings. The van der Waals surface area contributed by atoms with E-state index < -0.39 is 5.97 Å². The van der Waals surface area contributed by atoms with Gasteiger partial charge in [-0.05, 0) is 30.7 Å². The van der Waals surface area contributed by atoms with Gasteiger partial charge in [-0.1, -0.05) is 17.7 Å². The Hall–Kier alpha value is -3.13. The molecule has 0 bridgehead atoms. The maximum Gasteiger partial charge on any atom is 0.330 e. The zero-order valence-electron chi connectivity index (χ0n) is 16.2. The van der Waals surface area contributed by atoms with E-state index in [0.29, 0.717) is 11.3 Å². The van der Waals surface area contributed by atoms with Gasteiger partial charge in [-0.15, -0.1) is 0 Å². The minimum Gasteiger partial charge on any atom is -0.466 e. The third-order valence-corrected chi connectivity index (χ3v) is 5.27. The number of aromatic nitrogens is 4. The second kappa shape index (κ2) is 8.08. The first kappa shape index (κ1) is 19.2. The monoisotopic (exact) mass is 412 g/mol. The van der Waals surface area contributed by atoms with Crippen molar-refractivity contribution in [1.82, 2.24) is 20.2 Å². The van der Waals surface area contributed by atoms with Crippen LogP contribution in [0.15, 0.2) is 30.6 Å². The van der Waals surface area contributed by atoms with Crippen LogP contribution in [0.4, 0.5) is 11.5 Å². The molecule has 1 fully saturated rings. The summed E-state index contributed by atoms with van der Waals surface area (Å²) in [6, 6.07) is 5.97. The SMILES string of the molecule is COC(=O)/C=C/c1[nH]nc2ncnc(N3CCN(c4cc(Cl)ccc4C)CC3)c12. The summed E-state index contributed by atoms with van der Waals surface area (Å²) in [5.41, 5.74) is 3.61. The lowest BCUT2D eigenvalue weighted by atomic mass is 10.1. The van der Waals surface area contributed by atoms with Crippen molar-refractivity contribution in [2.45, 2.75) is 6.92 Å². The molecule has 0 aliphatic carbocycles. The van der Waals surface area contributed by atoms with Crippen LogP contribution in [0.1, 0.15) is 11.3 Å². The van der Waals surface area contributed by atoms with E-state index in [9.17, 15) is 4.79 Å². The fourth-order valence-electron chi connectivity index (χ4n) is 3.52. The second-order valence-corrected chi connectivity index (χ2v) is 7.23. The van der Waals surface area contributed by atoms with Gasteiger partial charge in [0, 0.05) is 43.0 Å². The first-order valence-corrected chi connectivity index (χ1v) is 9.66. The Morgan fingerprint density at radius 2 is 1.97 bits per heavy atom. The predicted molar refractivity (Wildman–Crippen MR) is 113 cm³/mol. The molecule has 1 N–H and O–H groups in total. The Kier molecular flexibility index (Phi) is 5.35. The maximum absolute atomic E-state index is 11.5. The maximum atomic E-state index is 11.5. The minimum atomic E-state index is -0.434. The van der Waals surface area contributed by atoms with Crippen molar-refractivity contribution in [3.05, 3.63) is 46.9 Å². The number of carbonyl (C=O) groups is 1. The van der Waals surface area contributed by atoms with Gasteiger partial charge in [0.1, 0.15) is 12.1 Å². The van der Waals surface area contributed by atoms with E-state index in [1.54, 1.807) is 6.08 Å². The number of nitrogens with one attached hydrogen (secondary N) is 1. The molecule has 1 aromatic carbocycles. The largest absolute Gasteiger partial charge is 0.466 e. The van der Waals surface area contributed by atoms with Crippen molar-refractivity contribution in [3.8, 4) is 0 Å². The highest BCUT2D eigenvalue weighted by molar-refractivity contribution is 6.30. The molecule has 0 radical (unpaired) electrons. The van der Waals surface area contributed by atoms with Crippen LogP contribution in [0.25, 0.3) is 17.1 Å². The Labute approximate surface area is 173 Å². The summed E-state index contributed by atoms with van der Waals surface area (Å²) in [4.78, 5) is 24.7. The average molecular weight is 413 g/mol. The quantitative estimate of drug-likeness (QED) is 0.520. The molecule has 0 saturated carbocycles. The first-order chi connectivity index (χ1) is 14.1. The number of benzene rings is 1. The first-order valence-electron chi connectivity index (χ1n) is 9.28. The van der Waals surface area contributed by atoms with Crippen LogP contribution in [0.2, 0.25) is 5.02 Å². The lowest BCUT2D eigenvalue weighted by molar-refractivity contribution is -0.134. The summed E-state index contributed by atoms with van der Waals surface area (Å²) in [6.07, 6.45) is 4.50. The van der Waals surface area contributed by atoms with Crippen LogP contribution in [-0.2, 0) is 9.53 Å². The third kappa shape index (κ3) is 3.88. The number of nitrogens with zero attached hydrogens (tertiary/aromatic N) is 5. The Morgan fingerprint density at radius 1 is 1.21 bits per heavy atom. The second-order valence-electron chi connectivity index (χ2n) is 6.79. The molecule has 1 saturated heterocycles. The molecule has 8 nitrogen and oxygen atoms in total. The van der Waals surface area contributed by atoms with Crippen molar-refractivity contribution in [1.29, 1.82) is 0 Å². The van der Waals surface area contributed by atoms with Gasteiger partial charge in [0.2, 0.25) is 0 Å². The lowest BCUT2D eigenvalue weighted by Gasteiger charge is -2.37. The van der Waals surface area contributed by atoms with E-state index in [1.807, 2.05) is 18.2 Å². The Morgan fingerprint density at radius 3 is 2.72 bits per heavy atom. The molecule has 150 valence electrons. The van der Waals surface area contributed by atoms with E-state index in [4.69, 9.17) is 11.6 Å². The highest BCUT2D eigenvalue weighted by atomic mass is 35.5. The number of anilines is 2. The summed E-state index contributed by atoms with van der Waals surface area (Å²) in [7, 11) is 1.34. The van der Waals surface area contributed by atoms with E-state index >= 15 is 0 Å². The minimum absolute atomic E-state index is 0.434. The smallest absolute Gasteiger partial charge is 0.330 e. The van der Waals surface area contributed by atoms with Crippen molar-refractivity contribution in [2.24, 2.45) is 0 Å². The standard InChI is InChI=1S/C20H21ClN6O2/c1-13-3-4-14(21)11-16(13)26-7-9-27(10-8-26)20-18-15(5-6-17(28)29-2)24-25-19(18)22-12-23-20/h3-6,11-12H,7-10H2,1-2H3,(H,22,23,24,25)/b6-5+. The normalized spacial score (nSPS) is 14.7. The molecule has 0 amide bonds. The van der Waals surface area contributed by atoms with Crippen LogP contribution in [0, 0.1) is 6.92 Å². The number of methoxy groups -OCH3 is 1. The van der Waals surface area contributed by atoms with Gasteiger partial charge in [-0.3, -0.25) is 5.10 Å². The molecule has 9 heteroatoms. The number of hydrogen-bond donors (Lipinski definition) is 1. The van der Waals surface area contributed by atoms with Crippen molar-refractivity contribution < 1.29 is 9.53 Å². The van der Waals surface area contributed by atoms with E-state index in [2.05, 4.69) is 41.6 Å². The number of piperazine rings is 1. The zero-order valence-corrected chi connectivity index (χ0v) is 17.0. The van der Waals surface area contributed by atoms with Gasteiger partial charge in [0.05, 0.1) is 18.2 Å². The van der Waals surface area contributed by atoms with Crippen LogP contribution in [0.5, 0.6) is 0 Å². The molecule has 2 aromatic heterocycles. The number of halogens is 1. The van der Waals surface area contributed by atoms with Crippen LogP contribution >= 0.6 is 11.6 Å². The number of esters is 1. The molecule has 3 aromatic rings. The number of H-pyrrole nitrogens is 1. The number of hydrogen-bond acceptors (Lipinski definition) is 7. The number of ether oxygens (including phenoxy) is 1. The Balaban J connectivity index is 1.58. The number of aryl methyl sites for hydroxylation is 1. The summed E-state index contributed by atoms with van der Waals surface area (Å²) in [6.45, 7) is 5.37. The number of rotatable bonds is 4. The molecule has 0 atom stereocenters. The molecule has 1 aliphatic heterocycles. The topological polar surface area (TPSA) is 87.2 Å². The summed E-state index contributed by atoms with van der Waals surface area (Å²) in [5, 5.41) is 8.69. The van der Waals surface area contributed by atoms with Gasteiger partial charge >= 0.3 is 5.97 Å². The molecular formula is C20H21ClN6O2. The van der Waals surface area contributed by atoms with Crippen LogP contribution in [0.3, 0.4) is 0 Å². The zero-order chi connectivity index (χ0) is 20.4. The van der Waals surface area contributed by atoms with Crippen molar-refractivity contribution in [2.75, 3.05) is 43.1 Å². The number of carbonyl (C=O) groups excluding carboxylic acids is 1. The van der Waals surface area contributed by atoms with Gasteiger partial charge in [0.25, 0.3) is 0 Å². The molecular weight excluding hydrogens is 392 g/mol. The molecule has 4 rings (SSSR count). The van der Waals surface area contributed by atoms with Crippen LogP contribution in [-0.4, -0.2) is 59.4 Å². The van der Waals surface area contributed by atoms with Gasteiger partial charge in [-0.2, -0.15) is 5.10 Å². The van der Waals surface area contributed by atoms with E-state index in [-0.39, 0.29) is 0 Å². The van der Waals surface area contributed by atoms with Gasteiger partial charge in [0.15, 0.2) is 5.65 Å². The fraction of sp³-hybridized carbons (Fsp3) is 0.300. The third-order valence-electron chi connectivity index (χ3n) is 5.04. The Bertz CT molecular complexity index is 1070. The van der Waals surface area contributed by atoms with Gasteiger partial charge < -0.3 is 14.5 Å². The fourth-order valence-corrected chi connectivity index (χ4v) is 3.69.